The van der Waals surface area contributed by atoms with Gasteiger partial charge in [-0.05, 0) is 36.2 Å². The van der Waals surface area contributed by atoms with E-state index in [0.717, 1.165) is 5.56 Å². The van der Waals surface area contributed by atoms with Crippen LogP contribution in [0, 0.1) is 0 Å². The maximum atomic E-state index is 11.4. The molecule has 106 valence electrons. The highest BCUT2D eigenvalue weighted by molar-refractivity contribution is 7.89. The van der Waals surface area contributed by atoms with Gasteiger partial charge in [0.2, 0.25) is 10.0 Å². The van der Waals surface area contributed by atoms with Crippen molar-refractivity contribution in [1.29, 1.82) is 0 Å². The molecule has 0 aliphatic carbocycles. The van der Waals surface area contributed by atoms with Crippen molar-refractivity contribution in [3.8, 4) is 5.75 Å². The second kappa shape index (κ2) is 5.94. The molecule has 0 aromatic heterocycles. The number of primary sulfonamides is 1. The minimum Gasteiger partial charge on any atom is -0.508 e. The van der Waals surface area contributed by atoms with Crippen LogP contribution in [0.25, 0.3) is 0 Å². The van der Waals surface area contributed by atoms with Gasteiger partial charge < -0.3 is 10.4 Å². The SMILES string of the molecule is NS(=O)(=O)c1ccccc1NCCc1ccc(O)cc1. The maximum Gasteiger partial charge on any atom is 0.240 e. The highest BCUT2D eigenvalue weighted by Gasteiger charge is 2.12. The van der Waals surface area contributed by atoms with Gasteiger partial charge in [-0.25, -0.2) is 13.6 Å². The number of nitrogens with one attached hydrogen (secondary N) is 1. The Kier molecular flexibility index (Phi) is 4.26. The van der Waals surface area contributed by atoms with Gasteiger partial charge in [-0.3, -0.25) is 0 Å². The molecule has 5 nitrogen and oxygen atoms in total. The number of phenolic OH excluding ortho intramolecular Hbond substituents is 1. The molecule has 6 heteroatoms. The van der Waals surface area contributed by atoms with Crippen LogP contribution in [0.4, 0.5) is 5.69 Å². The van der Waals surface area contributed by atoms with E-state index in [9.17, 15) is 13.5 Å². The Balaban J connectivity index is 2.03. The van der Waals surface area contributed by atoms with Gasteiger partial charge in [-0.15, -0.1) is 0 Å². The molecule has 2 aromatic carbocycles. The highest BCUT2D eigenvalue weighted by atomic mass is 32.2. The lowest BCUT2D eigenvalue weighted by molar-refractivity contribution is 0.475. The van der Waals surface area contributed by atoms with Crippen molar-refractivity contribution in [2.75, 3.05) is 11.9 Å². The lowest BCUT2D eigenvalue weighted by Gasteiger charge is -2.10. The molecular formula is C14H16N2O3S. The number of hydrogen-bond donors (Lipinski definition) is 3. The Labute approximate surface area is 118 Å². The van der Waals surface area contributed by atoms with Gasteiger partial charge in [0.1, 0.15) is 10.6 Å². The third kappa shape index (κ3) is 3.72. The van der Waals surface area contributed by atoms with Gasteiger partial charge in [0, 0.05) is 6.54 Å². The van der Waals surface area contributed by atoms with Gasteiger partial charge in [0.05, 0.1) is 5.69 Å². The lowest BCUT2D eigenvalue weighted by atomic mass is 10.1. The fraction of sp³-hybridized carbons (Fsp3) is 0.143. The number of rotatable bonds is 5. The number of hydrogen-bond acceptors (Lipinski definition) is 4. The molecule has 0 saturated heterocycles. The zero-order chi connectivity index (χ0) is 14.6. The first-order valence-electron chi connectivity index (χ1n) is 6.10. The summed E-state index contributed by atoms with van der Waals surface area (Å²) in [5.74, 6) is 0.223. The summed E-state index contributed by atoms with van der Waals surface area (Å²) in [6.45, 7) is 0.567. The van der Waals surface area contributed by atoms with Crippen molar-refractivity contribution in [2.45, 2.75) is 11.3 Å². The summed E-state index contributed by atoms with van der Waals surface area (Å²) in [6, 6.07) is 13.4. The summed E-state index contributed by atoms with van der Waals surface area (Å²) in [4.78, 5) is 0.0886. The van der Waals surface area contributed by atoms with E-state index in [1.165, 1.54) is 6.07 Å². The summed E-state index contributed by atoms with van der Waals surface area (Å²) < 4.78 is 22.9. The van der Waals surface area contributed by atoms with Gasteiger partial charge in [0.15, 0.2) is 0 Å². The van der Waals surface area contributed by atoms with E-state index in [4.69, 9.17) is 5.14 Å². The Morgan fingerprint density at radius 3 is 2.35 bits per heavy atom. The fourth-order valence-electron chi connectivity index (χ4n) is 1.86. The van der Waals surface area contributed by atoms with Crippen LogP contribution in [0.1, 0.15) is 5.56 Å². The highest BCUT2D eigenvalue weighted by Crippen LogP contribution is 2.19. The van der Waals surface area contributed by atoms with Gasteiger partial charge >= 0.3 is 0 Å². The molecule has 4 N–H and O–H groups in total. The standard InChI is InChI=1S/C14H16N2O3S/c15-20(18,19)14-4-2-1-3-13(14)16-10-9-11-5-7-12(17)8-6-11/h1-8,16-17H,9-10H2,(H2,15,18,19). The van der Waals surface area contributed by atoms with Crippen LogP contribution >= 0.6 is 0 Å². The molecule has 0 unspecified atom stereocenters. The number of sulfonamides is 1. The zero-order valence-electron chi connectivity index (χ0n) is 10.8. The van der Waals surface area contributed by atoms with Crippen LogP contribution in [0.5, 0.6) is 5.75 Å². The van der Waals surface area contributed by atoms with Crippen LogP contribution in [0.15, 0.2) is 53.4 Å². The molecule has 0 amide bonds. The third-order valence-corrected chi connectivity index (χ3v) is 3.83. The molecule has 0 atom stereocenters. The molecule has 2 rings (SSSR count). The van der Waals surface area contributed by atoms with Crippen LogP contribution in [-0.2, 0) is 16.4 Å². The Morgan fingerprint density at radius 2 is 1.70 bits per heavy atom. The lowest BCUT2D eigenvalue weighted by Crippen LogP contribution is -2.15. The van der Waals surface area contributed by atoms with Crippen molar-refractivity contribution in [3.63, 3.8) is 0 Å². The number of benzene rings is 2. The average Bonchev–Trinajstić information content (AvgIpc) is 2.40. The first kappa shape index (κ1) is 14.4. The molecule has 0 radical (unpaired) electrons. The first-order chi connectivity index (χ1) is 9.47. The molecule has 0 aliphatic rings. The minimum atomic E-state index is -3.73. The Hall–Kier alpha value is -2.05. The van der Waals surface area contributed by atoms with Crippen molar-refractivity contribution in [1.82, 2.24) is 0 Å². The molecular weight excluding hydrogens is 276 g/mol. The quantitative estimate of drug-likeness (QED) is 0.782. The van der Waals surface area contributed by atoms with Gasteiger partial charge in [-0.2, -0.15) is 0 Å². The van der Waals surface area contributed by atoms with E-state index in [-0.39, 0.29) is 10.6 Å². The molecule has 0 spiro atoms. The fourth-order valence-corrected chi connectivity index (χ4v) is 2.58. The number of anilines is 1. The zero-order valence-corrected chi connectivity index (χ0v) is 11.6. The van der Waals surface area contributed by atoms with Crippen molar-refractivity contribution >= 4 is 15.7 Å². The van der Waals surface area contributed by atoms with E-state index < -0.39 is 10.0 Å². The van der Waals surface area contributed by atoms with E-state index in [1.807, 2.05) is 12.1 Å². The molecule has 2 aromatic rings. The monoisotopic (exact) mass is 292 g/mol. The third-order valence-electron chi connectivity index (χ3n) is 2.86. The van der Waals surface area contributed by atoms with Crippen LogP contribution in [0.3, 0.4) is 0 Å². The minimum absolute atomic E-state index is 0.0886. The normalized spacial score (nSPS) is 11.2. The first-order valence-corrected chi connectivity index (χ1v) is 7.65. The number of nitrogens with two attached hydrogens (primary N) is 1. The summed E-state index contributed by atoms with van der Waals surface area (Å²) in [5, 5.41) is 17.4. The summed E-state index contributed by atoms with van der Waals surface area (Å²) in [5.41, 5.74) is 1.54. The Morgan fingerprint density at radius 1 is 1.05 bits per heavy atom. The predicted molar refractivity (Wildman–Crippen MR) is 78.1 cm³/mol. The molecule has 20 heavy (non-hydrogen) atoms. The average molecular weight is 292 g/mol. The molecule has 0 aliphatic heterocycles. The molecule has 0 heterocycles. The summed E-state index contributed by atoms with van der Waals surface area (Å²) in [6.07, 6.45) is 0.708. The van der Waals surface area contributed by atoms with E-state index >= 15 is 0 Å². The number of aromatic hydroxyl groups is 1. The van der Waals surface area contributed by atoms with E-state index in [1.54, 1.807) is 30.3 Å². The maximum absolute atomic E-state index is 11.4. The second-order valence-corrected chi connectivity index (χ2v) is 5.91. The van der Waals surface area contributed by atoms with Crippen molar-refractivity contribution in [3.05, 3.63) is 54.1 Å². The Bertz CT molecular complexity index is 682. The van der Waals surface area contributed by atoms with Crippen molar-refractivity contribution < 1.29 is 13.5 Å². The largest absolute Gasteiger partial charge is 0.508 e. The number of para-hydroxylation sites is 1. The van der Waals surface area contributed by atoms with Crippen LogP contribution < -0.4 is 10.5 Å². The number of phenols is 1. The molecule has 0 saturated carbocycles. The van der Waals surface area contributed by atoms with Crippen LogP contribution in [0.2, 0.25) is 0 Å². The van der Waals surface area contributed by atoms with E-state index in [0.29, 0.717) is 18.7 Å². The van der Waals surface area contributed by atoms with Gasteiger partial charge in [0.25, 0.3) is 0 Å². The van der Waals surface area contributed by atoms with Crippen molar-refractivity contribution in [2.24, 2.45) is 5.14 Å². The molecule has 0 fully saturated rings. The summed E-state index contributed by atoms with van der Waals surface area (Å²) in [7, 11) is -3.73. The van der Waals surface area contributed by atoms with E-state index in [2.05, 4.69) is 5.32 Å². The smallest absolute Gasteiger partial charge is 0.240 e. The summed E-state index contributed by atoms with van der Waals surface area (Å²) >= 11 is 0. The molecule has 0 bridgehead atoms. The van der Waals surface area contributed by atoms with Crippen LogP contribution in [-0.4, -0.2) is 20.1 Å². The topological polar surface area (TPSA) is 92.4 Å². The second-order valence-electron chi connectivity index (χ2n) is 4.38. The van der Waals surface area contributed by atoms with Gasteiger partial charge in [-0.1, -0.05) is 24.3 Å². The predicted octanol–water partition coefficient (Wildman–Crippen LogP) is 1.69.